The molecule has 0 aromatic heterocycles. The summed E-state index contributed by atoms with van der Waals surface area (Å²) in [6, 6.07) is 10.3. The summed E-state index contributed by atoms with van der Waals surface area (Å²) in [7, 11) is 0. The standard InChI is InChI=1S/C17H30N2O/c1-2-19(15-11-6-4-3-5-10-14-18)20-16-17-12-8-7-9-13-17/h7-9,12-13H,2-6,10-11,14-16,18H2,1H3. The SMILES string of the molecule is CCN(CCCCCCCCN)OCc1ccccc1. The summed E-state index contributed by atoms with van der Waals surface area (Å²) in [5.41, 5.74) is 6.71. The van der Waals surface area contributed by atoms with Crippen molar-refractivity contribution < 1.29 is 4.84 Å². The van der Waals surface area contributed by atoms with Gasteiger partial charge in [-0.25, -0.2) is 0 Å². The van der Waals surface area contributed by atoms with Crippen LogP contribution in [0, 0.1) is 0 Å². The van der Waals surface area contributed by atoms with Crippen LogP contribution >= 0.6 is 0 Å². The first-order chi connectivity index (χ1) is 9.86. The molecule has 3 heteroatoms. The first-order valence-corrected chi connectivity index (χ1v) is 7.98. The van der Waals surface area contributed by atoms with Crippen LogP contribution < -0.4 is 5.73 Å². The Bertz CT molecular complexity index is 316. The van der Waals surface area contributed by atoms with Gasteiger partial charge in [0.05, 0.1) is 6.61 Å². The van der Waals surface area contributed by atoms with Crippen LogP contribution in [0.4, 0.5) is 0 Å². The van der Waals surface area contributed by atoms with Gasteiger partial charge in [-0.3, -0.25) is 4.84 Å². The van der Waals surface area contributed by atoms with Crippen molar-refractivity contribution in [3.63, 3.8) is 0 Å². The zero-order valence-corrected chi connectivity index (χ0v) is 12.9. The van der Waals surface area contributed by atoms with E-state index in [4.69, 9.17) is 10.6 Å². The Balaban J connectivity index is 2.04. The van der Waals surface area contributed by atoms with E-state index in [1.807, 2.05) is 6.07 Å². The summed E-state index contributed by atoms with van der Waals surface area (Å²) >= 11 is 0. The Morgan fingerprint density at radius 3 is 2.25 bits per heavy atom. The first kappa shape index (κ1) is 17.2. The van der Waals surface area contributed by atoms with Gasteiger partial charge in [-0.15, -0.1) is 0 Å². The molecule has 0 heterocycles. The number of nitrogens with two attached hydrogens (primary N) is 1. The molecule has 20 heavy (non-hydrogen) atoms. The van der Waals surface area contributed by atoms with Crippen LogP contribution in [-0.4, -0.2) is 24.7 Å². The summed E-state index contributed by atoms with van der Waals surface area (Å²) in [5.74, 6) is 0. The van der Waals surface area contributed by atoms with E-state index in [2.05, 4.69) is 36.3 Å². The molecule has 0 atom stereocenters. The number of rotatable bonds is 12. The lowest BCUT2D eigenvalue weighted by atomic mass is 10.1. The minimum Gasteiger partial charge on any atom is -0.330 e. The molecule has 0 aliphatic heterocycles. The molecule has 1 rings (SSSR count). The Hall–Kier alpha value is -0.900. The van der Waals surface area contributed by atoms with Gasteiger partial charge in [0, 0.05) is 13.1 Å². The van der Waals surface area contributed by atoms with E-state index in [0.29, 0.717) is 6.61 Å². The second-order valence-corrected chi connectivity index (χ2v) is 5.19. The van der Waals surface area contributed by atoms with Gasteiger partial charge in [-0.1, -0.05) is 62.9 Å². The minimum atomic E-state index is 0.672. The lowest BCUT2D eigenvalue weighted by Crippen LogP contribution is -2.24. The van der Waals surface area contributed by atoms with Crippen LogP contribution in [0.3, 0.4) is 0 Å². The molecule has 0 saturated carbocycles. The highest BCUT2D eigenvalue weighted by Crippen LogP contribution is 2.07. The van der Waals surface area contributed by atoms with E-state index < -0.39 is 0 Å². The van der Waals surface area contributed by atoms with Crippen LogP contribution in [0.15, 0.2) is 30.3 Å². The maximum Gasteiger partial charge on any atom is 0.0935 e. The summed E-state index contributed by atoms with van der Waals surface area (Å²) in [5, 5.41) is 2.08. The van der Waals surface area contributed by atoms with Gasteiger partial charge in [0.1, 0.15) is 0 Å². The quantitative estimate of drug-likeness (QED) is 0.467. The Kier molecular flexibility index (Phi) is 10.2. The number of benzene rings is 1. The zero-order chi connectivity index (χ0) is 14.5. The molecule has 2 N–H and O–H groups in total. The summed E-state index contributed by atoms with van der Waals surface area (Å²) in [4.78, 5) is 5.84. The summed E-state index contributed by atoms with van der Waals surface area (Å²) in [6.07, 6.45) is 7.57. The number of hydroxylamine groups is 2. The third-order valence-electron chi connectivity index (χ3n) is 3.47. The summed E-state index contributed by atoms with van der Waals surface area (Å²) in [6.45, 7) is 5.62. The average Bonchev–Trinajstić information content (AvgIpc) is 2.50. The lowest BCUT2D eigenvalue weighted by molar-refractivity contribution is -0.167. The maximum atomic E-state index is 5.84. The van der Waals surface area contributed by atoms with Gasteiger partial charge < -0.3 is 5.73 Å². The fraction of sp³-hybridized carbons (Fsp3) is 0.647. The smallest absolute Gasteiger partial charge is 0.0935 e. The van der Waals surface area contributed by atoms with Crippen molar-refractivity contribution >= 4 is 0 Å². The molecule has 0 saturated heterocycles. The lowest BCUT2D eigenvalue weighted by Gasteiger charge is -2.20. The van der Waals surface area contributed by atoms with Crippen LogP contribution in [0.5, 0.6) is 0 Å². The topological polar surface area (TPSA) is 38.5 Å². The number of nitrogens with zero attached hydrogens (tertiary/aromatic N) is 1. The highest BCUT2D eigenvalue weighted by atomic mass is 16.7. The van der Waals surface area contributed by atoms with Crippen molar-refractivity contribution in [3.8, 4) is 0 Å². The van der Waals surface area contributed by atoms with Crippen LogP contribution in [-0.2, 0) is 11.4 Å². The molecule has 114 valence electrons. The van der Waals surface area contributed by atoms with E-state index in [1.54, 1.807) is 0 Å². The van der Waals surface area contributed by atoms with Crippen molar-refractivity contribution in [2.75, 3.05) is 19.6 Å². The van der Waals surface area contributed by atoms with Crippen molar-refractivity contribution in [2.45, 2.75) is 52.1 Å². The van der Waals surface area contributed by atoms with E-state index in [9.17, 15) is 0 Å². The van der Waals surface area contributed by atoms with E-state index in [1.165, 1.54) is 44.1 Å². The third kappa shape index (κ3) is 8.31. The van der Waals surface area contributed by atoms with Crippen molar-refractivity contribution in [1.82, 2.24) is 5.06 Å². The number of hydrogen-bond acceptors (Lipinski definition) is 3. The van der Waals surface area contributed by atoms with E-state index >= 15 is 0 Å². The second-order valence-electron chi connectivity index (χ2n) is 5.19. The average molecular weight is 278 g/mol. The molecule has 0 aliphatic carbocycles. The van der Waals surface area contributed by atoms with Gasteiger partial charge in [-0.05, 0) is 24.9 Å². The van der Waals surface area contributed by atoms with E-state index in [-0.39, 0.29) is 0 Å². The summed E-state index contributed by atoms with van der Waals surface area (Å²) < 4.78 is 0. The molecule has 0 bridgehead atoms. The van der Waals surface area contributed by atoms with Crippen molar-refractivity contribution in [3.05, 3.63) is 35.9 Å². The molecule has 0 spiro atoms. The molecule has 3 nitrogen and oxygen atoms in total. The molecule has 1 aromatic rings. The largest absolute Gasteiger partial charge is 0.330 e. The predicted octanol–water partition coefficient (Wildman–Crippen LogP) is 3.74. The maximum absolute atomic E-state index is 5.84. The monoisotopic (exact) mass is 278 g/mol. The van der Waals surface area contributed by atoms with Gasteiger partial charge in [0.2, 0.25) is 0 Å². The van der Waals surface area contributed by atoms with Crippen molar-refractivity contribution in [1.29, 1.82) is 0 Å². The molecule has 0 unspecified atom stereocenters. The third-order valence-corrected chi connectivity index (χ3v) is 3.47. The first-order valence-electron chi connectivity index (χ1n) is 7.98. The minimum absolute atomic E-state index is 0.672. The van der Waals surface area contributed by atoms with Crippen LogP contribution in [0.1, 0.15) is 51.0 Å². The van der Waals surface area contributed by atoms with Gasteiger partial charge in [0.15, 0.2) is 0 Å². The van der Waals surface area contributed by atoms with E-state index in [0.717, 1.165) is 19.6 Å². The highest BCUT2D eigenvalue weighted by Gasteiger charge is 2.03. The fourth-order valence-corrected chi connectivity index (χ4v) is 2.19. The fourth-order valence-electron chi connectivity index (χ4n) is 2.19. The second kappa shape index (κ2) is 11.9. The van der Waals surface area contributed by atoms with Gasteiger partial charge in [-0.2, -0.15) is 5.06 Å². The normalized spacial score (nSPS) is 11.2. The highest BCUT2D eigenvalue weighted by molar-refractivity contribution is 5.13. The predicted molar refractivity (Wildman–Crippen MR) is 85.2 cm³/mol. The van der Waals surface area contributed by atoms with Crippen LogP contribution in [0.25, 0.3) is 0 Å². The van der Waals surface area contributed by atoms with Crippen LogP contribution in [0.2, 0.25) is 0 Å². The number of unbranched alkanes of at least 4 members (excludes halogenated alkanes) is 5. The molecule has 1 aromatic carbocycles. The molecule has 0 fully saturated rings. The molecular formula is C17H30N2O. The van der Waals surface area contributed by atoms with Crippen molar-refractivity contribution in [2.24, 2.45) is 5.73 Å². The Morgan fingerprint density at radius 1 is 0.950 bits per heavy atom. The molecule has 0 radical (unpaired) electrons. The molecule has 0 amide bonds. The van der Waals surface area contributed by atoms with Gasteiger partial charge >= 0.3 is 0 Å². The zero-order valence-electron chi connectivity index (χ0n) is 12.9. The number of hydrogen-bond donors (Lipinski definition) is 1. The Morgan fingerprint density at radius 2 is 1.60 bits per heavy atom. The molecule has 0 aliphatic rings. The molecular weight excluding hydrogens is 248 g/mol. The Labute approximate surface area is 124 Å². The van der Waals surface area contributed by atoms with Gasteiger partial charge in [0.25, 0.3) is 0 Å².